The van der Waals surface area contributed by atoms with Crippen molar-refractivity contribution in [3.05, 3.63) is 28.2 Å². The number of hydrogen-bond donors (Lipinski definition) is 2. The fourth-order valence-electron chi connectivity index (χ4n) is 3.84. The Balaban J connectivity index is 1.48. The number of amides is 2. The van der Waals surface area contributed by atoms with Gasteiger partial charge in [-0.25, -0.2) is 0 Å². The molecule has 9 heteroatoms. The van der Waals surface area contributed by atoms with E-state index in [9.17, 15) is 9.59 Å². The molecule has 29 heavy (non-hydrogen) atoms. The van der Waals surface area contributed by atoms with Gasteiger partial charge in [0.05, 0.1) is 12.5 Å². The number of nitrogens with zero attached hydrogens (tertiary/aromatic N) is 3. The Morgan fingerprint density at radius 1 is 1.34 bits per heavy atom. The largest absolute Gasteiger partial charge is 0.356 e. The van der Waals surface area contributed by atoms with E-state index in [0.717, 1.165) is 28.7 Å². The third-order valence-corrected chi connectivity index (χ3v) is 6.79. The number of aromatic nitrogens is 3. The van der Waals surface area contributed by atoms with Gasteiger partial charge in [-0.3, -0.25) is 9.59 Å². The van der Waals surface area contributed by atoms with Crippen LogP contribution in [0.1, 0.15) is 68.2 Å². The molecule has 1 aliphatic rings. The van der Waals surface area contributed by atoms with Crippen LogP contribution in [0.15, 0.2) is 22.7 Å². The number of aryl methyl sites for hydroxylation is 1. The molecule has 0 saturated heterocycles. The molecule has 2 heterocycles. The monoisotopic (exact) mass is 435 g/mol. The van der Waals surface area contributed by atoms with E-state index >= 15 is 0 Å². The van der Waals surface area contributed by atoms with E-state index < -0.39 is 0 Å². The van der Waals surface area contributed by atoms with Crippen molar-refractivity contribution >= 4 is 34.9 Å². The third kappa shape index (κ3) is 6.05. The molecule has 0 radical (unpaired) electrons. The summed E-state index contributed by atoms with van der Waals surface area (Å²) >= 11 is 3.19. The van der Waals surface area contributed by atoms with Crippen LogP contribution in [-0.4, -0.2) is 39.4 Å². The highest BCUT2D eigenvalue weighted by Crippen LogP contribution is 2.33. The molecule has 0 aromatic carbocycles. The van der Waals surface area contributed by atoms with Gasteiger partial charge in [-0.15, -0.1) is 21.5 Å². The van der Waals surface area contributed by atoms with Gasteiger partial charge in [-0.2, -0.15) is 0 Å². The van der Waals surface area contributed by atoms with Crippen LogP contribution in [0.2, 0.25) is 0 Å². The van der Waals surface area contributed by atoms with Gasteiger partial charge in [0.25, 0.3) is 0 Å². The molecular weight excluding hydrogens is 406 g/mol. The summed E-state index contributed by atoms with van der Waals surface area (Å²) in [6.07, 6.45) is 8.83. The molecule has 0 spiro atoms. The van der Waals surface area contributed by atoms with Crippen molar-refractivity contribution in [3.8, 4) is 0 Å². The number of carbonyl (C=O) groups excluding carboxylic acids is 2. The molecule has 3 rings (SSSR count). The molecule has 2 aromatic heterocycles. The lowest BCUT2D eigenvalue weighted by molar-refractivity contribution is -0.122. The van der Waals surface area contributed by atoms with Gasteiger partial charge in [0.15, 0.2) is 5.16 Å². The Morgan fingerprint density at radius 2 is 2.14 bits per heavy atom. The molecule has 2 aromatic rings. The van der Waals surface area contributed by atoms with Crippen molar-refractivity contribution in [2.45, 2.75) is 69.1 Å². The van der Waals surface area contributed by atoms with Gasteiger partial charge >= 0.3 is 0 Å². The standard InChI is InChI=1S/C20H29N5O2S2/c1-14(26)22-16(17-9-6-12-29-17)13-19(27)21-11-5-10-18-23-24-20(28-2)25(18)15-7-3-4-8-15/h6,9,12,15-16H,3-5,7-8,10-11,13H2,1-2H3,(H,21,27)(H,22,26). The number of thioether (sulfide) groups is 1. The Morgan fingerprint density at radius 3 is 2.79 bits per heavy atom. The second-order valence-corrected chi connectivity index (χ2v) is 9.09. The van der Waals surface area contributed by atoms with Crippen LogP contribution in [0.4, 0.5) is 0 Å². The number of rotatable bonds is 10. The first kappa shape index (κ1) is 21.8. The van der Waals surface area contributed by atoms with Crippen LogP contribution in [0.5, 0.6) is 0 Å². The summed E-state index contributed by atoms with van der Waals surface area (Å²) < 4.78 is 2.31. The van der Waals surface area contributed by atoms with E-state index in [1.54, 1.807) is 23.1 Å². The highest BCUT2D eigenvalue weighted by atomic mass is 32.2. The maximum Gasteiger partial charge on any atom is 0.222 e. The maximum atomic E-state index is 12.4. The van der Waals surface area contributed by atoms with E-state index in [0.29, 0.717) is 12.6 Å². The highest BCUT2D eigenvalue weighted by Gasteiger charge is 2.23. The van der Waals surface area contributed by atoms with Crippen molar-refractivity contribution in [1.82, 2.24) is 25.4 Å². The van der Waals surface area contributed by atoms with Crippen LogP contribution in [0, 0.1) is 0 Å². The van der Waals surface area contributed by atoms with Crippen molar-refractivity contribution in [1.29, 1.82) is 0 Å². The number of hydrogen-bond acceptors (Lipinski definition) is 6. The zero-order valence-corrected chi connectivity index (χ0v) is 18.7. The van der Waals surface area contributed by atoms with Crippen molar-refractivity contribution < 1.29 is 9.59 Å². The third-order valence-electron chi connectivity index (χ3n) is 5.16. The first-order chi connectivity index (χ1) is 14.1. The molecular formula is C20H29N5O2S2. The molecule has 2 N–H and O–H groups in total. The highest BCUT2D eigenvalue weighted by molar-refractivity contribution is 7.98. The lowest BCUT2D eigenvalue weighted by atomic mass is 10.1. The Bertz CT molecular complexity index is 800. The summed E-state index contributed by atoms with van der Waals surface area (Å²) in [5.41, 5.74) is 0. The lowest BCUT2D eigenvalue weighted by Gasteiger charge is -2.17. The van der Waals surface area contributed by atoms with Crippen LogP contribution in [0.25, 0.3) is 0 Å². The Hall–Kier alpha value is -1.87. The van der Waals surface area contributed by atoms with Crippen molar-refractivity contribution in [2.75, 3.05) is 12.8 Å². The smallest absolute Gasteiger partial charge is 0.222 e. The topological polar surface area (TPSA) is 88.9 Å². The van der Waals surface area contributed by atoms with Gasteiger partial charge in [0.2, 0.25) is 11.8 Å². The molecule has 1 saturated carbocycles. The average molecular weight is 436 g/mol. The SMILES string of the molecule is CSc1nnc(CCCNC(=O)CC(NC(C)=O)c2cccs2)n1C1CCCC1. The van der Waals surface area contributed by atoms with Crippen molar-refractivity contribution in [2.24, 2.45) is 0 Å². The molecule has 7 nitrogen and oxygen atoms in total. The van der Waals surface area contributed by atoms with E-state index in [4.69, 9.17) is 0 Å². The van der Waals surface area contributed by atoms with E-state index in [1.807, 2.05) is 23.8 Å². The zero-order chi connectivity index (χ0) is 20.6. The lowest BCUT2D eigenvalue weighted by Crippen LogP contribution is -2.32. The summed E-state index contributed by atoms with van der Waals surface area (Å²) in [4.78, 5) is 24.8. The minimum absolute atomic E-state index is 0.0563. The second-order valence-electron chi connectivity index (χ2n) is 7.34. The first-order valence-electron chi connectivity index (χ1n) is 10.1. The van der Waals surface area contributed by atoms with E-state index in [1.165, 1.54) is 32.6 Å². The van der Waals surface area contributed by atoms with Crippen LogP contribution in [0.3, 0.4) is 0 Å². The number of nitrogens with one attached hydrogen (secondary N) is 2. The fraction of sp³-hybridized carbons (Fsp3) is 0.600. The molecule has 0 bridgehead atoms. The summed E-state index contributed by atoms with van der Waals surface area (Å²) in [7, 11) is 0. The van der Waals surface area contributed by atoms with Crippen LogP contribution >= 0.6 is 23.1 Å². The Labute approximate surface area is 180 Å². The van der Waals surface area contributed by atoms with Gasteiger partial charge in [-0.05, 0) is 37.0 Å². The van der Waals surface area contributed by atoms with Gasteiger partial charge in [0, 0.05) is 30.8 Å². The summed E-state index contributed by atoms with van der Waals surface area (Å²) in [5.74, 6) is 0.830. The first-order valence-corrected chi connectivity index (χ1v) is 12.2. The molecule has 0 aliphatic heterocycles. The van der Waals surface area contributed by atoms with E-state index in [-0.39, 0.29) is 24.3 Å². The molecule has 2 amide bonds. The minimum atomic E-state index is -0.276. The van der Waals surface area contributed by atoms with Crippen LogP contribution in [-0.2, 0) is 16.0 Å². The predicted octanol–water partition coefficient (Wildman–Crippen LogP) is 3.49. The molecule has 1 unspecified atom stereocenters. The quantitative estimate of drug-likeness (QED) is 0.440. The van der Waals surface area contributed by atoms with E-state index in [2.05, 4.69) is 25.4 Å². The average Bonchev–Trinajstić information content (AvgIpc) is 3.45. The normalized spacial score (nSPS) is 15.4. The van der Waals surface area contributed by atoms with Gasteiger partial charge in [0.1, 0.15) is 5.82 Å². The minimum Gasteiger partial charge on any atom is -0.356 e. The predicted molar refractivity (Wildman–Crippen MR) is 116 cm³/mol. The summed E-state index contributed by atoms with van der Waals surface area (Å²) in [6.45, 7) is 2.06. The second kappa shape index (κ2) is 10.8. The van der Waals surface area contributed by atoms with Crippen LogP contribution < -0.4 is 10.6 Å². The maximum absolute atomic E-state index is 12.4. The van der Waals surface area contributed by atoms with Gasteiger partial charge in [-0.1, -0.05) is 30.7 Å². The molecule has 1 aliphatic carbocycles. The number of thiophene rings is 1. The van der Waals surface area contributed by atoms with Crippen molar-refractivity contribution in [3.63, 3.8) is 0 Å². The molecule has 158 valence electrons. The molecule has 1 fully saturated rings. The number of carbonyl (C=O) groups is 2. The summed E-state index contributed by atoms with van der Waals surface area (Å²) in [6, 6.07) is 4.11. The Kier molecular flexibility index (Phi) is 8.11. The zero-order valence-electron chi connectivity index (χ0n) is 17.0. The van der Waals surface area contributed by atoms with Gasteiger partial charge < -0.3 is 15.2 Å². The molecule has 1 atom stereocenters. The fourth-order valence-corrected chi connectivity index (χ4v) is 5.19. The summed E-state index contributed by atoms with van der Waals surface area (Å²) in [5, 5.41) is 17.5.